The van der Waals surface area contributed by atoms with Crippen molar-refractivity contribution in [2.24, 2.45) is 0 Å². The molecule has 1 atom stereocenters. The van der Waals surface area contributed by atoms with Crippen LogP contribution in [0.25, 0.3) is 0 Å². The van der Waals surface area contributed by atoms with Crippen LogP contribution >= 0.6 is 15.9 Å². The SMILES string of the molecule is O=C(CCC1CCCO1)c1cncc(Br)c1. The van der Waals surface area contributed by atoms with Gasteiger partial charge in [-0.2, -0.15) is 0 Å². The van der Waals surface area contributed by atoms with Gasteiger partial charge in [-0.3, -0.25) is 9.78 Å². The summed E-state index contributed by atoms with van der Waals surface area (Å²) >= 11 is 3.31. The molecule has 1 saturated heterocycles. The van der Waals surface area contributed by atoms with Gasteiger partial charge in [-0.05, 0) is 41.3 Å². The summed E-state index contributed by atoms with van der Waals surface area (Å²) in [5, 5.41) is 0. The Morgan fingerprint density at radius 1 is 1.56 bits per heavy atom. The quantitative estimate of drug-likeness (QED) is 0.798. The second-order valence-electron chi connectivity index (χ2n) is 3.99. The Bertz CT molecular complexity index is 375. The highest BCUT2D eigenvalue weighted by atomic mass is 79.9. The molecule has 0 amide bonds. The summed E-state index contributed by atoms with van der Waals surface area (Å²) in [7, 11) is 0. The Morgan fingerprint density at radius 3 is 3.12 bits per heavy atom. The normalized spacial score (nSPS) is 19.9. The Morgan fingerprint density at radius 2 is 2.44 bits per heavy atom. The average molecular weight is 284 g/mol. The molecule has 1 fully saturated rings. The molecule has 2 heterocycles. The summed E-state index contributed by atoms with van der Waals surface area (Å²) in [5.41, 5.74) is 0.673. The summed E-state index contributed by atoms with van der Waals surface area (Å²) in [6.07, 6.45) is 7.15. The Kier molecular flexibility index (Phi) is 4.07. The molecule has 0 spiro atoms. The lowest BCUT2D eigenvalue weighted by atomic mass is 10.0. The highest BCUT2D eigenvalue weighted by molar-refractivity contribution is 9.10. The van der Waals surface area contributed by atoms with E-state index in [9.17, 15) is 4.79 Å². The van der Waals surface area contributed by atoms with E-state index < -0.39 is 0 Å². The van der Waals surface area contributed by atoms with Crippen molar-refractivity contribution in [2.75, 3.05) is 6.61 Å². The van der Waals surface area contributed by atoms with Crippen molar-refractivity contribution in [3.8, 4) is 0 Å². The van der Waals surface area contributed by atoms with Gasteiger partial charge >= 0.3 is 0 Å². The minimum atomic E-state index is 0.143. The minimum Gasteiger partial charge on any atom is -0.378 e. The van der Waals surface area contributed by atoms with E-state index in [0.29, 0.717) is 12.0 Å². The first-order chi connectivity index (χ1) is 7.75. The number of Topliss-reactive ketones (excluding diaryl/α,β-unsaturated/α-hetero) is 1. The molecule has 0 radical (unpaired) electrons. The molecule has 1 aliphatic heterocycles. The van der Waals surface area contributed by atoms with Crippen LogP contribution in [0.5, 0.6) is 0 Å². The fourth-order valence-corrected chi connectivity index (χ4v) is 2.24. The topological polar surface area (TPSA) is 39.2 Å². The van der Waals surface area contributed by atoms with Gasteiger partial charge in [0.1, 0.15) is 0 Å². The molecular weight excluding hydrogens is 270 g/mol. The molecular formula is C12H14BrNO2. The molecule has 0 aromatic carbocycles. The lowest BCUT2D eigenvalue weighted by Crippen LogP contribution is -2.09. The number of hydrogen-bond donors (Lipinski definition) is 0. The Hall–Kier alpha value is -0.740. The molecule has 0 saturated carbocycles. The molecule has 86 valence electrons. The van der Waals surface area contributed by atoms with E-state index in [4.69, 9.17) is 4.74 Å². The minimum absolute atomic E-state index is 0.143. The van der Waals surface area contributed by atoms with E-state index in [1.807, 2.05) is 6.07 Å². The number of ketones is 1. The van der Waals surface area contributed by atoms with Crippen molar-refractivity contribution < 1.29 is 9.53 Å². The maximum Gasteiger partial charge on any atom is 0.164 e. The predicted molar refractivity (Wildman–Crippen MR) is 64.5 cm³/mol. The number of carbonyl (C=O) groups excluding carboxylic acids is 1. The predicted octanol–water partition coefficient (Wildman–Crippen LogP) is 2.99. The molecule has 0 aliphatic carbocycles. The largest absolute Gasteiger partial charge is 0.378 e. The molecule has 2 rings (SSSR count). The van der Waals surface area contributed by atoms with E-state index >= 15 is 0 Å². The molecule has 3 nitrogen and oxygen atoms in total. The maximum atomic E-state index is 11.8. The first kappa shape index (κ1) is 11.7. The number of rotatable bonds is 4. The fraction of sp³-hybridized carbons (Fsp3) is 0.500. The number of ether oxygens (including phenoxy) is 1. The summed E-state index contributed by atoms with van der Waals surface area (Å²) < 4.78 is 6.33. The average Bonchev–Trinajstić information content (AvgIpc) is 2.78. The molecule has 1 aromatic heterocycles. The smallest absolute Gasteiger partial charge is 0.164 e. The van der Waals surface area contributed by atoms with E-state index in [2.05, 4.69) is 20.9 Å². The monoisotopic (exact) mass is 283 g/mol. The summed E-state index contributed by atoms with van der Waals surface area (Å²) in [4.78, 5) is 15.8. The van der Waals surface area contributed by atoms with Crippen molar-refractivity contribution in [1.29, 1.82) is 0 Å². The summed E-state index contributed by atoms with van der Waals surface area (Å²) in [5.74, 6) is 0.143. The first-order valence-corrected chi connectivity index (χ1v) is 6.30. The van der Waals surface area contributed by atoms with Gasteiger partial charge in [-0.1, -0.05) is 0 Å². The van der Waals surface area contributed by atoms with Crippen molar-refractivity contribution in [3.05, 3.63) is 28.5 Å². The maximum absolute atomic E-state index is 11.8. The Labute approximate surface area is 103 Å². The van der Waals surface area contributed by atoms with Gasteiger partial charge in [0.25, 0.3) is 0 Å². The zero-order valence-electron chi connectivity index (χ0n) is 8.99. The van der Waals surface area contributed by atoms with Gasteiger partial charge < -0.3 is 4.74 Å². The van der Waals surface area contributed by atoms with Crippen LogP contribution in [0.15, 0.2) is 22.9 Å². The molecule has 1 unspecified atom stereocenters. The Balaban J connectivity index is 1.87. The molecule has 16 heavy (non-hydrogen) atoms. The van der Waals surface area contributed by atoms with Crippen LogP contribution in [0.3, 0.4) is 0 Å². The third-order valence-corrected chi connectivity index (χ3v) is 3.18. The van der Waals surface area contributed by atoms with Crippen LogP contribution in [0.4, 0.5) is 0 Å². The van der Waals surface area contributed by atoms with Gasteiger partial charge in [0.15, 0.2) is 5.78 Å². The molecule has 0 N–H and O–H groups in total. The lowest BCUT2D eigenvalue weighted by molar-refractivity contribution is 0.0859. The second kappa shape index (κ2) is 5.55. The third-order valence-electron chi connectivity index (χ3n) is 2.74. The van der Waals surface area contributed by atoms with Gasteiger partial charge in [0.2, 0.25) is 0 Å². The third kappa shape index (κ3) is 3.12. The van der Waals surface area contributed by atoms with Crippen LogP contribution in [-0.4, -0.2) is 23.5 Å². The van der Waals surface area contributed by atoms with Crippen molar-refractivity contribution in [1.82, 2.24) is 4.98 Å². The molecule has 0 bridgehead atoms. The zero-order valence-corrected chi connectivity index (χ0v) is 10.6. The second-order valence-corrected chi connectivity index (χ2v) is 4.90. The highest BCUT2D eigenvalue weighted by Gasteiger charge is 2.17. The molecule has 1 aliphatic rings. The number of nitrogens with zero attached hydrogens (tertiary/aromatic N) is 1. The first-order valence-electron chi connectivity index (χ1n) is 5.51. The van der Waals surface area contributed by atoms with Crippen LogP contribution in [0.1, 0.15) is 36.0 Å². The van der Waals surface area contributed by atoms with Gasteiger partial charge in [-0.15, -0.1) is 0 Å². The van der Waals surface area contributed by atoms with Gasteiger partial charge in [-0.25, -0.2) is 0 Å². The summed E-state index contributed by atoms with van der Waals surface area (Å²) in [6.45, 7) is 0.845. The number of halogens is 1. The highest BCUT2D eigenvalue weighted by Crippen LogP contribution is 2.19. The lowest BCUT2D eigenvalue weighted by Gasteiger charge is -2.07. The zero-order chi connectivity index (χ0) is 11.4. The number of hydrogen-bond acceptors (Lipinski definition) is 3. The molecule has 1 aromatic rings. The number of aromatic nitrogens is 1. The van der Waals surface area contributed by atoms with Crippen molar-refractivity contribution >= 4 is 21.7 Å². The van der Waals surface area contributed by atoms with Crippen molar-refractivity contribution in [3.63, 3.8) is 0 Å². The van der Waals surface area contributed by atoms with Crippen molar-refractivity contribution in [2.45, 2.75) is 31.8 Å². The van der Waals surface area contributed by atoms with Gasteiger partial charge in [0.05, 0.1) is 6.10 Å². The van der Waals surface area contributed by atoms with Crippen LogP contribution in [-0.2, 0) is 4.74 Å². The van der Waals surface area contributed by atoms with E-state index in [0.717, 1.165) is 30.3 Å². The fourth-order valence-electron chi connectivity index (χ4n) is 1.87. The molecule has 4 heteroatoms. The number of pyridine rings is 1. The van der Waals surface area contributed by atoms with Crippen LogP contribution in [0, 0.1) is 0 Å². The van der Waals surface area contributed by atoms with Gasteiger partial charge in [0, 0.05) is 35.5 Å². The van der Waals surface area contributed by atoms with Crippen LogP contribution in [0.2, 0.25) is 0 Å². The van der Waals surface area contributed by atoms with E-state index in [-0.39, 0.29) is 11.9 Å². The summed E-state index contributed by atoms with van der Waals surface area (Å²) in [6, 6.07) is 1.81. The van der Waals surface area contributed by atoms with Crippen LogP contribution < -0.4 is 0 Å². The number of carbonyl (C=O) groups is 1. The van der Waals surface area contributed by atoms with E-state index in [1.54, 1.807) is 12.4 Å². The standard InChI is InChI=1S/C12H14BrNO2/c13-10-6-9(7-14-8-10)12(15)4-3-11-2-1-5-16-11/h6-8,11H,1-5H2. The van der Waals surface area contributed by atoms with E-state index in [1.165, 1.54) is 0 Å².